The third-order valence-electron chi connectivity index (χ3n) is 5.66. The van der Waals surface area contributed by atoms with Crippen LogP contribution in [0.1, 0.15) is 24.4 Å². The molecule has 1 aromatic carbocycles. The molecule has 3 N–H and O–H groups in total. The number of hydrogen-bond acceptors (Lipinski definition) is 5. The number of hydrogen-bond donors (Lipinski definition) is 2. The molecule has 0 saturated carbocycles. The van der Waals surface area contributed by atoms with Gasteiger partial charge in [0.15, 0.2) is 11.4 Å². The van der Waals surface area contributed by atoms with Crippen LogP contribution in [0.2, 0.25) is 0 Å². The highest BCUT2D eigenvalue weighted by atomic mass is 19.4. The van der Waals surface area contributed by atoms with Crippen molar-refractivity contribution < 1.29 is 17.6 Å². The summed E-state index contributed by atoms with van der Waals surface area (Å²) in [4.78, 5) is 4.23. The molecule has 0 bridgehead atoms. The molecule has 0 aliphatic carbocycles. The maximum atomic E-state index is 13.1. The van der Waals surface area contributed by atoms with Gasteiger partial charge in [0.05, 0.1) is 17.8 Å². The number of nitrogens with two attached hydrogens (primary N) is 1. The van der Waals surface area contributed by atoms with Crippen molar-refractivity contribution in [2.24, 2.45) is 0 Å². The van der Waals surface area contributed by atoms with E-state index in [1.54, 1.807) is 24.5 Å². The summed E-state index contributed by atoms with van der Waals surface area (Å²) in [5.74, 6) is 0.482. The molecule has 0 radical (unpaired) electrons. The summed E-state index contributed by atoms with van der Waals surface area (Å²) in [5.41, 5.74) is 7.56. The number of anilines is 1. The maximum Gasteiger partial charge on any atom is 0.416 e. The quantitative estimate of drug-likeness (QED) is 0.487. The van der Waals surface area contributed by atoms with Crippen LogP contribution in [0.3, 0.4) is 0 Å². The van der Waals surface area contributed by atoms with E-state index in [4.69, 9.17) is 10.2 Å². The van der Waals surface area contributed by atoms with Crippen LogP contribution in [-0.2, 0) is 6.18 Å². The summed E-state index contributed by atoms with van der Waals surface area (Å²) >= 11 is 0. The molecule has 6 nitrogen and oxygen atoms in total. The smallest absolute Gasteiger partial charge is 0.416 e. The number of halogens is 3. The molecule has 9 heteroatoms. The van der Waals surface area contributed by atoms with Gasteiger partial charge in [-0.05, 0) is 44.1 Å². The number of nitrogen functional groups attached to an aromatic ring is 1. The highest BCUT2D eigenvalue weighted by molar-refractivity contribution is 6.00. The largest absolute Gasteiger partial charge is 0.452 e. The van der Waals surface area contributed by atoms with E-state index in [1.165, 1.54) is 6.07 Å². The zero-order valence-electron chi connectivity index (χ0n) is 16.5. The molecule has 0 amide bonds. The fourth-order valence-electron chi connectivity index (χ4n) is 4.01. The SMILES string of the molecule is Nc1ncc(-c2cnn(C3CCNCC3)c2)c2cc(-c3cccc(C(F)(F)F)c3)oc12. The molecule has 1 aliphatic rings. The Hall–Kier alpha value is -3.33. The zero-order valence-corrected chi connectivity index (χ0v) is 16.5. The summed E-state index contributed by atoms with van der Waals surface area (Å²) in [6.07, 6.45) is 2.96. The zero-order chi connectivity index (χ0) is 21.6. The van der Waals surface area contributed by atoms with Crippen molar-refractivity contribution in [1.82, 2.24) is 20.1 Å². The lowest BCUT2D eigenvalue weighted by atomic mass is 10.0. The fraction of sp³-hybridized carbons (Fsp3) is 0.273. The van der Waals surface area contributed by atoms with Crippen LogP contribution in [0.4, 0.5) is 19.0 Å². The van der Waals surface area contributed by atoms with Crippen molar-refractivity contribution in [2.45, 2.75) is 25.1 Å². The predicted molar refractivity (Wildman–Crippen MR) is 111 cm³/mol. The molecule has 1 aliphatic heterocycles. The van der Waals surface area contributed by atoms with Crippen molar-refractivity contribution in [1.29, 1.82) is 0 Å². The van der Waals surface area contributed by atoms with Crippen LogP contribution in [0.15, 0.2) is 53.3 Å². The number of nitrogens with one attached hydrogen (secondary N) is 1. The van der Waals surface area contributed by atoms with Gasteiger partial charge in [-0.1, -0.05) is 12.1 Å². The number of pyridine rings is 1. The van der Waals surface area contributed by atoms with E-state index < -0.39 is 11.7 Å². The standard InChI is InChI=1S/C22H20F3N5O/c23-22(24,25)15-3-1-2-13(8-15)19-9-17-18(11-28-21(26)20(17)31-19)14-10-29-30(12-14)16-4-6-27-7-5-16/h1-3,8-12,16,27H,4-7H2,(H2,26,28). The Labute approximate surface area is 175 Å². The number of piperidine rings is 1. The predicted octanol–water partition coefficient (Wildman–Crippen LogP) is 4.88. The fourth-order valence-corrected chi connectivity index (χ4v) is 4.01. The number of aromatic nitrogens is 3. The van der Waals surface area contributed by atoms with Gasteiger partial charge in [-0.2, -0.15) is 18.3 Å². The minimum Gasteiger partial charge on any atom is -0.452 e. The van der Waals surface area contributed by atoms with E-state index in [1.807, 2.05) is 10.9 Å². The number of furan rings is 1. The van der Waals surface area contributed by atoms with Crippen LogP contribution in [0.5, 0.6) is 0 Å². The van der Waals surface area contributed by atoms with E-state index in [-0.39, 0.29) is 5.82 Å². The van der Waals surface area contributed by atoms with Crippen LogP contribution in [-0.4, -0.2) is 27.9 Å². The number of fused-ring (bicyclic) bond motifs is 1. The molecule has 3 aromatic heterocycles. The van der Waals surface area contributed by atoms with Gasteiger partial charge in [0.1, 0.15) is 5.76 Å². The molecular weight excluding hydrogens is 407 g/mol. The second-order valence-electron chi connectivity index (χ2n) is 7.68. The summed E-state index contributed by atoms with van der Waals surface area (Å²) in [6.45, 7) is 1.91. The van der Waals surface area contributed by atoms with Crippen molar-refractivity contribution in [2.75, 3.05) is 18.8 Å². The third kappa shape index (κ3) is 3.65. The summed E-state index contributed by atoms with van der Waals surface area (Å²) < 4.78 is 47.2. The first kappa shape index (κ1) is 19.6. The average molecular weight is 427 g/mol. The van der Waals surface area contributed by atoms with Gasteiger partial charge >= 0.3 is 6.18 Å². The lowest BCUT2D eigenvalue weighted by Gasteiger charge is -2.22. The van der Waals surface area contributed by atoms with E-state index in [0.717, 1.165) is 49.2 Å². The first-order valence-electron chi connectivity index (χ1n) is 10.0. The van der Waals surface area contributed by atoms with Crippen LogP contribution in [0, 0.1) is 0 Å². The summed E-state index contributed by atoms with van der Waals surface area (Å²) in [5, 5.41) is 8.55. The minimum atomic E-state index is -4.43. The Morgan fingerprint density at radius 2 is 1.90 bits per heavy atom. The van der Waals surface area contributed by atoms with Gasteiger partial charge in [-0.15, -0.1) is 0 Å². The first-order chi connectivity index (χ1) is 14.9. The molecule has 0 spiro atoms. The van der Waals surface area contributed by atoms with Crippen LogP contribution < -0.4 is 11.1 Å². The van der Waals surface area contributed by atoms with Crippen molar-refractivity contribution in [3.8, 4) is 22.5 Å². The molecule has 31 heavy (non-hydrogen) atoms. The Balaban J connectivity index is 1.57. The van der Waals surface area contributed by atoms with Crippen molar-refractivity contribution in [3.63, 3.8) is 0 Å². The minimum absolute atomic E-state index is 0.183. The summed E-state index contributed by atoms with van der Waals surface area (Å²) in [7, 11) is 0. The lowest BCUT2D eigenvalue weighted by Crippen LogP contribution is -2.29. The van der Waals surface area contributed by atoms with Crippen molar-refractivity contribution in [3.05, 3.63) is 54.5 Å². The van der Waals surface area contributed by atoms with Gasteiger partial charge in [0.2, 0.25) is 0 Å². The van der Waals surface area contributed by atoms with Crippen molar-refractivity contribution >= 4 is 16.8 Å². The Morgan fingerprint density at radius 3 is 2.68 bits per heavy atom. The Morgan fingerprint density at radius 1 is 1.10 bits per heavy atom. The summed E-state index contributed by atoms with van der Waals surface area (Å²) in [6, 6.07) is 7.07. The second-order valence-corrected chi connectivity index (χ2v) is 7.68. The van der Waals surface area contributed by atoms with Gasteiger partial charge in [-0.3, -0.25) is 4.68 Å². The second kappa shape index (κ2) is 7.42. The van der Waals surface area contributed by atoms with Crippen LogP contribution >= 0.6 is 0 Å². The molecule has 5 rings (SSSR count). The molecule has 4 aromatic rings. The maximum absolute atomic E-state index is 13.1. The van der Waals surface area contributed by atoms with E-state index in [9.17, 15) is 13.2 Å². The lowest BCUT2D eigenvalue weighted by molar-refractivity contribution is -0.137. The number of rotatable bonds is 3. The Bertz CT molecular complexity index is 1240. The monoisotopic (exact) mass is 427 g/mol. The molecule has 0 atom stereocenters. The first-order valence-corrected chi connectivity index (χ1v) is 10.0. The van der Waals surface area contributed by atoms with Gasteiger partial charge in [0, 0.05) is 34.5 Å². The van der Waals surface area contributed by atoms with E-state index in [2.05, 4.69) is 15.4 Å². The van der Waals surface area contributed by atoms with Gasteiger partial charge in [-0.25, -0.2) is 4.98 Å². The number of nitrogens with zero attached hydrogens (tertiary/aromatic N) is 3. The molecule has 160 valence electrons. The van der Waals surface area contributed by atoms with Gasteiger partial charge < -0.3 is 15.5 Å². The number of alkyl halides is 3. The molecule has 0 unspecified atom stereocenters. The highest BCUT2D eigenvalue weighted by Crippen LogP contribution is 2.38. The van der Waals surface area contributed by atoms with Gasteiger partial charge in [0.25, 0.3) is 0 Å². The number of benzene rings is 1. The molecule has 1 saturated heterocycles. The van der Waals surface area contributed by atoms with Crippen LogP contribution in [0.25, 0.3) is 33.4 Å². The highest BCUT2D eigenvalue weighted by Gasteiger charge is 2.30. The normalized spacial score (nSPS) is 15.6. The molecule has 1 fully saturated rings. The van der Waals surface area contributed by atoms with E-state index in [0.29, 0.717) is 28.3 Å². The Kier molecular flexibility index (Phi) is 4.70. The molecular formula is C22H20F3N5O. The molecule has 4 heterocycles. The third-order valence-corrected chi connectivity index (χ3v) is 5.66. The topological polar surface area (TPSA) is 81.9 Å². The van der Waals surface area contributed by atoms with E-state index >= 15 is 0 Å². The average Bonchev–Trinajstić information content (AvgIpc) is 3.43.